The van der Waals surface area contributed by atoms with Crippen molar-refractivity contribution in [2.24, 2.45) is 0 Å². The Morgan fingerprint density at radius 2 is 1.88 bits per heavy atom. The molecule has 0 saturated carbocycles. The molecule has 2 fully saturated rings. The number of benzene rings is 1. The van der Waals surface area contributed by atoms with Crippen LogP contribution in [0.3, 0.4) is 0 Å². The molecule has 2 heterocycles. The number of methoxy groups -OCH3 is 1. The van der Waals surface area contributed by atoms with Crippen LogP contribution < -0.4 is 15.4 Å². The molecule has 2 N–H and O–H groups in total. The fourth-order valence-corrected chi connectivity index (χ4v) is 4.19. The molecule has 2 aliphatic heterocycles. The summed E-state index contributed by atoms with van der Waals surface area (Å²) in [7, 11) is 3.66. The van der Waals surface area contributed by atoms with Crippen molar-refractivity contribution in [3.63, 3.8) is 0 Å². The van der Waals surface area contributed by atoms with Crippen LogP contribution in [0.5, 0.6) is 5.75 Å². The van der Waals surface area contributed by atoms with E-state index < -0.39 is 0 Å². The van der Waals surface area contributed by atoms with Gasteiger partial charge in [0, 0.05) is 31.1 Å². The molecule has 2 amide bonds. The van der Waals surface area contributed by atoms with E-state index in [1.54, 1.807) is 12.1 Å². The number of hydrogen-bond donors (Lipinski definition) is 2. The average Bonchev–Trinajstić information content (AvgIpc) is 2.77. The minimum absolute atomic E-state index is 0.166. The van der Waals surface area contributed by atoms with Crippen LogP contribution in [-0.2, 0) is 4.79 Å². The normalized spacial score (nSPS) is 25.5. The van der Waals surface area contributed by atoms with Gasteiger partial charge in [0.1, 0.15) is 5.75 Å². The Bertz CT molecular complexity index is 680. The third kappa shape index (κ3) is 3.75. The topological polar surface area (TPSA) is 70.7 Å². The van der Waals surface area contributed by atoms with E-state index in [0.717, 1.165) is 12.8 Å². The summed E-state index contributed by atoms with van der Waals surface area (Å²) in [5.74, 6) is -0.0356. The number of hydrogen-bond acceptors (Lipinski definition) is 4. The average molecular weight is 366 g/mol. The van der Waals surface area contributed by atoms with Gasteiger partial charge in [-0.1, -0.05) is 11.6 Å². The van der Waals surface area contributed by atoms with E-state index in [1.807, 2.05) is 0 Å². The summed E-state index contributed by atoms with van der Waals surface area (Å²) in [6.45, 7) is 1.40. The maximum atomic E-state index is 12.7. The first-order valence-electron chi connectivity index (χ1n) is 8.57. The number of piperidine rings is 1. The quantitative estimate of drug-likeness (QED) is 0.860. The molecule has 6 nitrogen and oxygen atoms in total. The van der Waals surface area contributed by atoms with E-state index in [9.17, 15) is 9.59 Å². The molecule has 2 aliphatic rings. The van der Waals surface area contributed by atoms with Crippen molar-refractivity contribution >= 4 is 29.1 Å². The summed E-state index contributed by atoms with van der Waals surface area (Å²) in [6, 6.07) is 4.40. The van der Waals surface area contributed by atoms with Gasteiger partial charge in [-0.25, -0.2) is 0 Å². The lowest BCUT2D eigenvalue weighted by Crippen LogP contribution is -2.48. The van der Waals surface area contributed by atoms with Crippen LogP contribution in [-0.4, -0.2) is 49.0 Å². The number of carbonyl (C=O) groups is 2. The van der Waals surface area contributed by atoms with E-state index in [0.29, 0.717) is 34.1 Å². The number of rotatable bonds is 4. The Kier molecular flexibility index (Phi) is 5.20. The minimum Gasteiger partial charge on any atom is -0.496 e. The standard InChI is InChI=1S/C18H24ClN3O3/c1-10(23)20-16-9-17(25-3)14(8-15(16)19)18(24)21-11-6-12-4-5-13(7-11)22(12)2/h8-9,11-13H,4-7H2,1-3H3,(H,20,23)(H,21,24). The van der Waals surface area contributed by atoms with Gasteiger partial charge >= 0.3 is 0 Å². The van der Waals surface area contributed by atoms with Gasteiger partial charge in [-0.2, -0.15) is 0 Å². The van der Waals surface area contributed by atoms with Crippen LogP contribution in [0.4, 0.5) is 5.69 Å². The highest BCUT2D eigenvalue weighted by Crippen LogP contribution is 2.35. The summed E-state index contributed by atoms with van der Waals surface area (Å²) in [5.41, 5.74) is 0.813. The van der Waals surface area contributed by atoms with Gasteiger partial charge in [-0.05, 0) is 38.8 Å². The van der Waals surface area contributed by atoms with Gasteiger partial charge in [0.2, 0.25) is 5.91 Å². The largest absolute Gasteiger partial charge is 0.496 e. The molecular weight excluding hydrogens is 342 g/mol. The molecule has 0 spiro atoms. The van der Waals surface area contributed by atoms with Crippen LogP contribution in [0.2, 0.25) is 5.02 Å². The van der Waals surface area contributed by atoms with Gasteiger partial charge in [0.05, 0.1) is 23.4 Å². The number of nitrogens with zero attached hydrogens (tertiary/aromatic N) is 1. The number of nitrogens with one attached hydrogen (secondary N) is 2. The Labute approximate surface area is 152 Å². The highest BCUT2D eigenvalue weighted by atomic mass is 35.5. The Hall–Kier alpha value is -1.79. The predicted molar refractivity (Wildman–Crippen MR) is 97.4 cm³/mol. The third-order valence-corrected chi connectivity index (χ3v) is 5.59. The third-order valence-electron chi connectivity index (χ3n) is 5.28. The predicted octanol–water partition coefficient (Wildman–Crippen LogP) is 2.66. The van der Waals surface area contributed by atoms with E-state index in [2.05, 4.69) is 22.6 Å². The maximum Gasteiger partial charge on any atom is 0.255 e. The van der Waals surface area contributed by atoms with Crippen molar-refractivity contribution < 1.29 is 14.3 Å². The number of ether oxygens (including phenoxy) is 1. The van der Waals surface area contributed by atoms with Crippen LogP contribution in [0.15, 0.2) is 12.1 Å². The molecule has 2 bridgehead atoms. The molecule has 7 heteroatoms. The molecule has 2 unspecified atom stereocenters. The first-order valence-corrected chi connectivity index (χ1v) is 8.94. The molecule has 1 aromatic rings. The highest BCUT2D eigenvalue weighted by Gasteiger charge is 2.39. The van der Waals surface area contributed by atoms with Crippen molar-refractivity contribution in [3.8, 4) is 5.75 Å². The van der Waals surface area contributed by atoms with Gasteiger partial charge in [-0.15, -0.1) is 0 Å². The zero-order valence-corrected chi connectivity index (χ0v) is 15.5. The van der Waals surface area contributed by atoms with E-state index >= 15 is 0 Å². The fraction of sp³-hybridized carbons (Fsp3) is 0.556. The molecule has 0 radical (unpaired) electrons. The van der Waals surface area contributed by atoms with E-state index in [-0.39, 0.29) is 17.9 Å². The molecule has 3 rings (SSSR count). The number of anilines is 1. The lowest BCUT2D eigenvalue weighted by molar-refractivity contribution is -0.114. The second-order valence-electron chi connectivity index (χ2n) is 6.91. The molecule has 2 atom stereocenters. The SMILES string of the molecule is COc1cc(NC(C)=O)c(Cl)cc1C(=O)NC1CC2CCC(C1)N2C. The van der Waals surface area contributed by atoms with Crippen LogP contribution in [0.25, 0.3) is 0 Å². The van der Waals surface area contributed by atoms with Gasteiger partial charge in [0.25, 0.3) is 5.91 Å². The molecule has 1 aromatic carbocycles. The molecule has 136 valence electrons. The van der Waals surface area contributed by atoms with Gasteiger partial charge in [-0.3, -0.25) is 9.59 Å². The fourth-order valence-electron chi connectivity index (χ4n) is 3.98. The molecule has 0 aliphatic carbocycles. The zero-order valence-electron chi connectivity index (χ0n) is 14.8. The minimum atomic E-state index is -0.233. The summed E-state index contributed by atoms with van der Waals surface area (Å²) < 4.78 is 5.33. The number of halogens is 1. The lowest BCUT2D eigenvalue weighted by atomic mass is 9.97. The van der Waals surface area contributed by atoms with Gasteiger partial charge < -0.3 is 20.3 Å². The van der Waals surface area contributed by atoms with Crippen LogP contribution in [0, 0.1) is 0 Å². The first-order chi connectivity index (χ1) is 11.9. The smallest absolute Gasteiger partial charge is 0.255 e. The highest BCUT2D eigenvalue weighted by molar-refractivity contribution is 6.34. The van der Waals surface area contributed by atoms with Crippen LogP contribution in [0.1, 0.15) is 43.0 Å². The van der Waals surface area contributed by atoms with E-state index in [1.165, 1.54) is 26.9 Å². The van der Waals surface area contributed by atoms with Crippen molar-refractivity contribution in [1.82, 2.24) is 10.2 Å². The Morgan fingerprint density at radius 1 is 1.24 bits per heavy atom. The molecule has 2 saturated heterocycles. The molecule has 25 heavy (non-hydrogen) atoms. The summed E-state index contributed by atoms with van der Waals surface area (Å²) >= 11 is 6.21. The van der Waals surface area contributed by atoms with E-state index in [4.69, 9.17) is 16.3 Å². The van der Waals surface area contributed by atoms with Crippen molar-refractivity contribution in [2.75, 3.05) is 19.5 Å². The second kappa shape index (κ2) is 7.22. The maximum absolute atomic E-state index is 12.7. The van der Waals surface area contributed by atoms with Crippen molar-refractivity contribution in [3.05, 3.63) is 22.7 Å². The summed E-state index contributed by atoms with van der Waals surface area (Å²) in [6.07, 6.45) is 4.35. The van der Waals surface area contributed by atoms with Gasteiger partial charge in [0.15, 0.2) is 0 Å². The Morgan fingerprint density at radius 3 is 2.44 bits per heavy atom. The van der Waals surface area contributed by atoms with Crippen molar-refractivity contribution in [2.45, 2.75) is 50.7 Å². The second-order valence-corrected chi connectivity index (χ2v) is 7.31. The van der Waals surface area contributed by atoms with Crippen LogP contribution >= 0.6 is 11.6 Å². The summed E-state index contributed by atoms with van der Waals surface area (Å²) in [4.78, 5) is 26.4. The number of amides is 2. The lowest BCUT2D eigenvalue weighted by Gasteiger charge is -2.36. The zero-order chi connectivity index (χ0) is 18.1. The monoisotopic (exact) mass is 365 g/mol. The number of fused-ring (bicyclic) bond motifs is 2. The Balaban J connectivity index is 1.75. The molecule has 0 aromatic heterocycles. The van der Waals surface area contributed by atoms with Crippen molar-refractivity contribution in [1.29, 1.82) is 0 Å². The number of carbonyl (C=O) groups excluding carboxylic acids is 2. The molecular formula is C18H24ClN3O3. The summed E-state index contributed by atoms with van der Waals surface area (Å²) in [5, 5.41) is 6.07. The first kappa shape index (κ1) is 18.0.